The molecule has 0 unspecified atom stereocenters. The second-order valence-corrected chi connectivity index (χ2v) is 6.70. The first-order valence-electron chi connectivity index (χ1n) is 9.14. The molecule has 0 aliphatic heterocycles. The molecule has 7 heteroatoms. The van der Waals surface area contributed by atoms with Crippen molar-refractivity contribution in [3.8, 4) is 0 Å². The standard InChI is InChI=1S/C21H23N3O4/c1-24(13-19(25)23-16-11-12-16)20(26)14-28-21(27)17-9-5-6-10-18(17)22-15-7-3-2-4-8-15/h2-10,16,22H,11-14H2,1H3,(H,23,25). The monoisotopic (exact) mass is 381 g/mol. The summed E-state index contributed by atoms with van der Waals surface area (Å²) in [5.41, 5.74) is 1.75. The highest BCUT2D eigenvalue weighted by Gasteiger charge is 2.24. The number of esters is 1. The lowest BCUT2D eigenvalue weighted by molar-refractivity contribution is -0.137. The molecule has 0 atom stereocenters. The summed E-state index contributed by atoms with van der Waals surface area (Å²) in [5.74, 6) is -1.25. The Kier molecular flexibility index (Phi) is 6.26. The van der Waals surface area contributed by atoms with Crippen LogP contribution in [0.15, 0.2) is 54.6 Å². The Bertz CT molecular complexity index is 850. The lowest BCUT2D eigenvalue weighted by Gasteiger charge is -2.17. The zero-order valence-electron chi connectivity index (χ0n) is 15.7. The van der Waals surface area contributed by atoms with Crippen molar-refractivity contribution >= 4 is 29.2 Å². The average Bonchev–Trinajstić information content (AvgIpc) is 3.50. The van der Waals surface area contributed by atoms with Crippen LogP contribution in [0.3, 0.4) is 0 Å². The van der Waals surface area contributed by atoms with Gasteiger partial charge in [-0.05, 0) is 37.1 Å². The fraction of sp³-hybridized carbons (Fsp3) is 0.286. The molecule has 0 bridgehead atoms. The highest BCUT2D eigenvalue weighted by molar-refractivity contribution is 5.97. The summed E-state index contributed by atoms with van der Waals surface area (Å²) in [6, 6.07) is 16.6. The molecule has 7 nitrogen and oxygen atoms in total. The molecule has 1 fully saturated rings. The summed E-state index contributed by atoms with van der Waals surface area (Å²) in [6.07, 6.45) is 1.97. The smallest absolute Gasteiger partial charge is 0.340 e. The number of anilines is 2. The second kappa shape index (κ2) is 9.03. The molecule has 146 valence electrons. The van der Waals surface area contributed by atoms with E-state index in [-0.39, 0.29) is 18.5 Å². The van der Waals surface area contributed by atoms with Crippen molar-refractivity contribution in [2.75, 3.05) is 25.5 Å². The molecule has 3 rings (SSSR count). The van der Waals surface area contributed by atoms with Gasteiger partial charge in [-0.2, -0.15) is 0 Å². The molecule has 2 N–H and O–H groups in total. The van der Waals surface area contributed by atoms with E-state index in [0.717, 1.165) is 18.5 Å². The summed E-state index contributed by atoms with van der Waals surface area (Å²) in [7, 11) is 1.51. The Balaban J connectivity index is 1.54. The molecule has 28 heavy (non-hydrogen) atoms. The summed E-state index contributed by atoms with van der Waals surface area (Å²) < 4.78 is 5.16. The van der Waals surface area contributed by atoms with Crippen LogP contribution in [-0.4, -0.2) is 48.9 Å². The Morgan fingerprint density at radius 1 is 1.04 bits per heavy atom. The highest BCUT2D eigenvalue weighted by atomic mass is 16.5. The van der Waals surface area contributed by atoms with Crippen LogP contribution in [0.4, 0.5) is 11.4 Å². The van der Waals surface area contributed by atoms with Gasteiger partial charge in [0.05, 0.1) is 17.8 Å². The van der Waals surface area contributed by atoms with Crippen LogP contribution in [0.1, 0.15) is 23.2 Å². The quantitative estimate of drug-likeness (QED) is 0.685. The second-order valence-electron chi connectivity index (χ2n) is 6.70. The maximum absolute atomic E-state index is 12.4. The number of rotatable bonds is 8. The van der Waals surface area contributed by atoms with Crippen LogP contribution < -0.4 is 10.6 Å². The predicted octanol–water partition coefficient (Wildman–Crippen LogP) is 2.32. The Hall–Kier alpha value is -3.35. The van der Waals surface area contributed by atoms with E-state index in [0.29, 0.717) is 11.3 Å². The van der Waals surface area contributed by atoms with E-state index < -0.39 is 18.5 Å². The lowest BCUT2D eigenvalue weighted by Crippen LogP contribution is -2.40. The minimum atomic E-state index is -0.608. The predicted molar refractivity (Wildman–Crippen MR) is 105 cm³/mol. The number of hydrogen-bond donors (Lipinski definition) is 2. The van der Waals surface area contributed by atoms with Crippen molar-refractivity contribution in [2.24, 2.45) is 0 Å². The molecule has 0 aromatic heterocycles. The number of carbonyl (C=O) groups is 3. The Morgan fingerprint density at radius 2 is 1.71 bits per heavy atom. The number of carbonyl (C=O) groups excluding carboxylic acids is 3. The molecule has 0 saturated heterocycles. The van der Waals surface area contributed by atoms with Crippen molar-refractivity contribution in [1.29, 1.82) is 0 Å². The molecule has 1 aliphatic rings. The molecule has 0 radical (unpaired) electrons. The third kappa shape index (κ3) is 5.57. The number of amides is 2. The molecular formula is C21H23N3O4. The summed E-state index contributed by atoms with van der Waals surface area (Å²) in [6.45, 7) is -0.481. The molecule has 0 heterocycles. The molecule has 1 saturated carbocycles. The van der Waals surface area contributed by atoms with Crippen molar-refractivity contribution in [1.82, 2.24) is 10.2 Å². The van der Waals surface area contributed by atoms with Crippen LogP contribution in [0.5, 0.6) is 0 Å². The summed E-state index contributed by atoms with van der Waals surface area (Å²) in [4.78, 5) is 37.6. The van der Waals surface area contributed by atoms with Gasteiger partial charge in [-0.25, -0.2) is 4.79 Å². The Labute approximate surface area is 163 Å². The van der Waals surface area contributed by atoms with E-state index in [1.807, 2.05) is 30.3 Å². The van der Waals surface area contributed by atoms with E-state index >= 15 is 0 Å². The molecular weight excluding hydrogens is 358 g/mol. The zero-order valence-corrected chi connectivity index (χ0v) is 15.7. The number of nitrogens with one attached hydrogen (secondary N) is 2. The van der Waals surface area contributed by atoms with Gasteiger partial charge in [-0.3, -0.25) is 9.59 Å². The first kappa shape index (κ1) is 19.4. The van der Waals surface area contributed by atoms with E-state index in [1.165, 1.54) is 11.9 Å². The third-order valence-electron chi connectivity index (χ3n) is 4.28. The maximum Gasteiger partial charge on any atom is 0.340 e. The number of para-hydroxylation sites is 2. The summed E-state index contributed by atoms with van der Waals surface area (Å²) >= 11 is 0. The maximum atomic E-state index is 12.4. The van der Waals surface area contributed by atoms with E-state index in [2.05, 4.69) is 10.6 Å². The number of nitrogens with zero attached hydrogens (tertiary/aromatic N) is 1. The average molecular weight is 381 g/mol. The number of likely N-dealkylation sites (N-methyl/N-ethyl adjacent to an activating group) is 1. The van der Waals surface area contributed by atoms with Crippen molar-refractivity contribution in [3.63, 3.8) is 0 Å². The fourth-order valence-electron chi connectivity index (χ4n) is 2.57. The molecule has 2 aromatic carbocycles. The van der Waals surface area contributed by atoms with Gasteiger partial charge in [0, 0.05) is 18.8 Å². The van der Waals surface area contributed by atoms with Crippen LogP contribution in [0.25, 0.3) is 0 Å². The van der Waals surface area contributed by atoms with Gasteiger partial charge in [-0.1, -0.05) is 30.3 Å². The minimum absolute atomic E-state index is 0.0565. The van der Waals surface area contributed by atoms with Crippen LogP contribution in [0, 0.1) is 0 Å². The lowest BCUT2D eigenvalue weighted by atomic mass is 10.1. The van der Waals surface area contributed by atoms with Gasteiger partial charge in [0.1, 0.15) is 0 Å². The van der Waals surface area contributed by atoms with E-state index in [4.69, 9.17) is 4.74 Å². The van der Waals surface area contributed by atoms with Gasteiger partial charge in [0.15, 0.2) is 6.61 Å². The molecule has 2 amide bonds. The first-order chi connectivity index (χ1) is 13.5. The number of ether oxygens (including phenoxy) is 1. The fourth-order valence-corrected chi connectivity index (χ4v) is 2.57. The van der Waals surface area contributed by atoms with Crippen molar-refractivity contribution in [2.45, 2.75) is 18.9 Å². The SMILES string of the molecule is CN(CC(=O)NC1CC1)C(=O)COC(=O)c1ccccc1Nc1ccccc1. The zero-order chi connectivity index (χ0) is 19.9. The van der Waals surface area contributed by atoms with Crippen molar-refractivity contribution < 1.29 is 19.1 Å². The van der Waals surface area contributed by atoms with Gasteiger partial charge in [0.2, 0.25) is 5.91 Å². The number of benzene rings is 2. The van der Waals surface area contributed by atoms with Crippen LogP contribution >= 0.6 is 0 Å². The van der Waals surface area contributed by atoms with E-state index in [1.54, 1.807) is 24.3 Å². The summed E-state index contributed by atoms with van der Waals surface area (Å²) in [5, 5.41) is 5.98. The van der Waals surface area contributed by atoms with Crippen molar-refractivity contribution in [3.05, 3.63) is 60.2 Å². The van der Waals surface area contributed by atoms with Gasteiger partial charge in [-0.15, -0.1) is 0 Å². The normalized spacial score (nSPS) is 12.8. The molecule has 2 aromatic rings. The topological polar surface area (TPSA) is 87.7 Å². The van der Waals surface area contributed by atoms with E-state index in [9.17, 15) is 14.4 Å². The number of hydrogen-bond acceptors (Lipinski definition) is 5. The third-order valence-corrected chi connectivity index (χ3v) is 4.28. The first-order valence-corrected chi connectivity index (χ1v) is 9.14. The van der Waals surface area contributed by atoms with Crippen LogP contribution in [0.2, 0.25) is 0 Å². The van der Waals surface area contributed by atoms with Gasteiger partial charge in [0.25, 0.3) is 5.91 Å². The Morgan fingerprint density at radius 3 is 2.43 bits per heavy atom. The largest absolute Gasteiger partial charge is 0.452 e. The van der Waals surface area contributed by atoms with Gasteiger partial charge >= 0.3 is 5.97 Å². The minimum Gasteiger partial charge on any atom is -0.452 e. The highest BCUT2D eigenvalue weighted by Crippen LogP contribution is 2.21. The molecule has 1 aliphatic carbocycles. The molecule has 0 spiro atoms. The van der Waals surface area contributed by atoms with Gasteiger partial charge < -0.3 is 20.3 Å². The van der Waals surface area contributed by atoms with Crippen LogP contribution in [-0.2, 0) is 14.3 Å².